The first-order valence-corrected chi connectivity index (χ1v) is 12.9. The molecule has 10 N–H and O–H groups in total. The molecule has 2 unspecified atom stereocenters. The van der Waals surface area contributed by atoms with Gasteiger partial charge in [0.2, 0.25) is 10.0 Å². The third kappa shape index (κ3) is 5.37. The molecule has 2 aliphatic rings. The van der Waals surface area contributed by atoms with Gasteiger partial charge in [-0.2, -0.15) is 0 Å². The summed E-state index contributed by atoms with van der Waals surface area (Å²) in [6.45, 7) is 4.66. The lowest BCUT2D eigenvalue weighted by Gasteiger charge is -2.45. The van der Waals surface area contributed by atoms with Gasteiger partial charge in [-0.05, 0) is 25.1 Å². The molecule has 3 rings (SSSR count). The normalized spacial score (nSPS) is 21.3. The minimum Gasteiger partial charge on any atom is -0.382 e. The number of piperazine rings is 1. The zero-order chi connectivity index (χ0) is 23.3. The number of hydrazone groups is 1. The highest BCUT2D eigenvalue weighted by molar-refractivity contribution is 7.90. The first-order chi connectivity index (χ1) is 15.3. The van der Waals surface area contributed by atoms with E-state index in [-0.39, 0.29) is 33.8 Å². The molecule has 2 atom stereocenters. The number of ether oxygens (including phenoxy) is 1. The van der Waals surface area contributed by atoms with Gasteiger partial charge in [-0.25, -0.2) is 33.9 Å². The quantitative estimate of drug-likeness (QED) is 0.0676. The number of hydrazine groups is 1. The van der Waals surface area contributed by atoms with Crippen molar-refractivity contribution in [2.75, 3.05) is 57.4 Å². The van der Waals surface area contributed by atoms with E-state index in [1.54, 1.807) is 6.07 Å². The van der Waals surface area contributed by atoms with Gasteiger partial charge in [0.05, 0.1) is 29.7 Å². The van der Waals surface area contributed by atoms with Crippen molar-refractivity contribution in [3.63, 3.8) is 0 Å². The van der Waals surface area contributed by atoms with E-state index in [4.69, 9.17) is 27.2 Å². The van der Waals surface area contributed by atoms with E-state index in [0.29, 0.717) is 45.0 Å². The van der Waals surface area contributed by atoms with Crippen LogP contribution < -0.4 is 37.6 Å². The summed E-state index contributed by atoms with van der Waals surface area (Å²) in [6.07, 6.45) is 0.444. The van der Waals surface area contributed by atoms with E-state index in [0.717, 1.165) is 13.1 Å². The molecule has 0 aromatic heterocycles. The molecule has 0 bridgehead atoms. The molecule has 0 aliphatic carbocycles. The zero-order valence-electron chi connectivity index (χ0n) is 17.7. The van der Waals surface area contributed by atoms with Crippen molar-refractivity contribution in [2.24, 2.45) is 27.6 Å². The fourth-order valence-electron chi connectivity index (χ4n) is 3.95. The van der Waals surface area contributed by atoms with Gasteiger partial charge in [-0.1, -0.05) is 0 Å². The first kappa shape index (κ1) is 24.8. The van der Waals surface area contributed by atoms with Crippen LogP contribution in [0.15, 0.2) is 27.0 Å². The number of hydrogen-bond acceptors (Lipinski definition) is 10. The Morgan fingerprint density at radius 2 is 2.09 bits per heavy atom. The summed E-state index contributed by atoms with van der Waals surface area (Å²) in [4.78, 5) is 4.02. The number of anilines is 1. The van der Waals surface area contributed by atoms with Gasteiger partial charge in [0.1, 0.15) is 15.9 Å². The maximum absolute atomic E-state index is 12.9. The number of nitrogens with one attached hydrogen (secondary N) is 2. The molecule has 0 saturated carbocycles. The molecule has 2 saturated heterocycles. The number of rotatable bonds is 9. The number of amidine groups is 1. The monoisotopic (exact) mass is 489 g/mol. The third-order valence-electron chi connectivity index (χ3n) is 5.48. The Kier molecular flexibility index (Phi) is 8.40. The van der Waals surface area contributed by atoms with E-state index in [1.807, 2.05) is 4.90 Å². The van der Waals surface area contributed by atoms with Gasteiger partial charge in [0.25, 0.3) is 0 Å². The highest BCUT2D eigenvalue weighted by Gasteiger charge is 2.33. The fourth-order valence-corrected chi connectivity index (χ4v) is 6.37. The Balaban J connectivity index is 2.09. The topological polar surface area (TPSA) is 207 Å². The number of sulfonamides is 1. The van der Waals surface area contributed by atoms with Gasteiger partial charge in [-0.15, -0.1) is 5.10 Å². The average molecular weight is 490 g/mol. The summed E-state index contributed by atoms with van der Waals surface area (Å²) >= 11 is 0. The molecule has 0 radical (unpaired) electrons. The van der Waals surface area contributed by atoms with Gasteiger partial charge in [0.15, 0.2) is 5.84 Å². The van der Waals surface area contributed by atoms with E-state index in [2.05, 4.69) is 20.3 Å². The van der Waals surface area contributed by atoms with Crippen molar-refractivity contribution >= 4 is 32.5 Å². The number of nitrogens with two attached hydrogens (primary N) is 4. The average Bonchev–Trinajstić information content (AvgIpc) is 2.78. The third-order valence-corrected chi connectivity index (χ3v) is 7.94. The van der Waals surface area contributed by atoms with E-state index in [1.165, 1.54) is 6.07 Å². The Hall–Kier alpha value is -1.85. The van der Waals surface area contributed by atoms with Crippen molar-refractivity contribution in [3.8, 4) is 0 Å². The minimum absolute atomic E-state index is 0.127. The van der Waals surface area contributed by atoms with Crippen LogP contribution in [0.25, 0.3) is 0 Å². The first-order valence-electron chi connectivity index (χ1n) is 10.2. The SMILES string of the molecule is NCCCNS(=O)(=O)c1ccc(N2CCN3CCOCC3C2)c(/C(N)=N/NN)c1S(N)=O. The summed E-state index contributed by atoms with van der Waals surface area (Å²) in [7, 11) is -6.22. The summed E-state index contributed by atoms with van der Waals surface area (Å²) in [6, 6.07) is 3.18. The van der Waals surface area contributed by atoms with Crippen molar-refractivity contribution < 1.29 is 17.4 Å². The van der Waals surface area contributed by atoms with Crippen LogP contribution in [-0.2, 0) is 25.7 Å². The molecule has 1 aromatic rings. The van der Waals surface area contributed by atoms with Crippen LogP contribution in [0, 0.1) is 0 Å². The lowest BCUT2D eigenvalue weighted by atomic mass is 10.1. The summed E-state index contributed by atoms with van der Waals surface area (Å²) in [5.74, 6) is 5.18. The molecule has 2 fully saturated rings. The smallest absolute Gasteiger partial charge is 0.241 e. The highest BCUT2D eigenvalue weighted by atomic mass is 32.2. The van der Waals surface area contributed by atoms with Crippen LogP contribution in [0.1, 0.15) is 12.0 Å². The van der Waals surface area contributed by atoms with Crippen molar-refractivity contribution in [2.45, 2.75) is 22.3 Å². The molecule has 2 aliphatic heterocycles. The lowest BCUT2D eigenvalue weighted by Crippen LogP contribution is -2.58. The van der Waals surface area contributed by atoms with Gasteiger partial charge in [-0.3, -0.25) is 4.90 Å². The van der Waals surface area contributed by atoms with Gasteiger partial charge >= 0.3 is 0 Å². The predicted octanol–water partition coefficient (Wildman–Crippen LogP) is -3.10. The highest BCUT2D eigenvalue weighted by Crippen LogP contribution is 2.32. The molecule has 2 heterocycles. The van der Waals surface area contributed by atoms with E-state index < -0.39 is 21.0 Å². The number of morpholine rings is 1. The predicted molar refractivity (Wildman–Crippen MR) is 122 cm³/mol. The molecular formula is C17H31N9O4S2. The van der Waals surface area contributed by atoms with Crippen molar-refractivity contribution in [3.05, 3.63) is 17.7 Å². The summed E-state index contributed by atoms with van der Waals surface area (Å²) in [5.41, 5.74) is 14.4. The molecule has 0 amide bonds. The number of fused-ring (bicyclic) bond motifs is 1. The Labute approximate surface area is 190 Å². The van der Waals surface area contributed by atoms with Crippen LogP contribution in [-0.4, -0.2) is 81.9 Å². The minimum atomic E-state index is -4.03. The second-order valence-electron chi connectivity index (χ2n) is 7.46. The molecule has 32 heavy (non-hydrogen) atoms. The van der Waals surface area contributed by atoms with E-state index in [9.17, 15) is 12.6 Å². The standard InChI is InChI=1S/C17H31N9O4S2/c18-4-1-5-22-32(28,29)14-3-2-13(15(16(14)31(21)27)17(19)23-24-20)26-7-6-25-8-9-30-11-12(25)10-26/h2-3,12,22,24H,1,4-11,18,20-21H2,(H2,19,23). The number of benzene rings is 1. The van der Waals surface area contributed by atoms with Crippen LogP contribution in [0.5, 0.6) is 0 Å². The molecule has 13 nitrogen and oxygen atoms in total. The Morgan fingerprint density at radius 1 is 1.31 bits per heavy atom. The molecule has 1 aromatic carbocycles. The number of hydrogen-bond donors (Lipinski definition) is 6. The van der Waals surface area contributed by atoms with Crippen molar-refractivity contribution in [1.82, 2.24) is 15.2 Å². The van der Waals surface area contributed by atoms with E-state index >= 15 is 0 Å². The molecule has 15 heteroatoms. The van der Waals surface area contributed by atoms with Gasteiger partial charge in [0, 0.05) is 38.4 Å². The molecule has 0 spiro atoms. The molecular weight excluding hydrogens is 458 g/mol. The van der Waals surface area contributed by atoms with Crippen LogP contribution in [0.2, 0.25) is 0 Å². The summed E-state index contributed by atoms with van der Waals surface area (Å²) < 4.78 is 46.5. The lowest BCUT2D eigenvalue weighted by molar-refractivity contribution is -0.0117. The van der Waals surface area contributed by atoms with Gasteiger partial charge < -0.3 is 21.1 Å². The fraction of sp³-hybridized carbons (Fsp3) is 0.588. The van der Waals surface area contributed by atoms with Crippen LogP contribution >= 0.6 is 0 Å². The van der Waals surface area contributed by atoms with Crippen LogP contribution in [0.4, 0.5) is 5.69 Å². The summed E-state index contributed by atoms with van der Waals surface area (Å²) in [5, 5.41) is 9.57. The molecule has 180 valence electrons. The number of nitrogens with zero attached hydrogens (tertiary/aromatic N) is 3. The largest absolute Gasteiger partial charge is 0.382 e. The second-order valence-corrected chi connectivity index (χ2v) is 10.2. The maximum Gasteiger partial charge on any atom is 0.241 e. The second kappa shape index (κ2) is 10.8. The maximum atomic E-state index is 12.9. The Bertz CT molecular complexity index is 973. The van der Waals surface area contributed by atoms with Crippen LogP contribution in [0.3, 0.4) is 0 Å². The zero-order valence-corrected chi connectivity index (χ0v) is 19.3. The van der Waals surface area contributed by atoms with Crippen molar-refractivity contribution in [1.29, 1.82) is 0 Å². The Morgan fingerprint density at radius 3 is 2.78 bits per heavy atom.